The second kappa shape index (κ2) is 8.22. The molecule has 1 fully saturated rings. The molecular weight excluding hydrogens is 320 g/mol. The Morgan fingerprint density at radius 2 is 1.92 bits per heavy atom. The minimum atomic E-state index is 0.550. The van der Waals surface area contributed by atoms with Crippen molar-refractivity contribution in [1.82, 2.24) is 0 Å². The van der Waals surface area contributed by atoms with Crippen molar-refractivity contribution in [3.8, 4) is 5.75 Å². The van der Waals surface area contributed by atoms with Crippen LogP contribution in [-0.2, 0) is 6.54 Å². The van der Waals surface area contributed by atoms with Gasteiger partial charge in [0.05, 0.1) is 26.2 Å². The molecule has 1 aliphatic rings. The highest BCUT2D eigenvalue weighted by atomic mass is 35.5. The van der Waals surface area contributed by atoms with E-state index < -0.39 is 0 Å². The summed E-state index contributed by atoms with van der Waals surface area (Å²) in [6.45, 7) is 9.59. The third kappa shape index (κ3) is 4.31. The van der Waals surface area contributed by atoms with Crippen LogP contribution in [0.3, 0.4) is 0 Å². The van der Waals surface area contributed by atoms with E-state index >= 15 is 0 Å². The van der Waals surface area contributed by atoms with Crippen LogP contribution in [-0.4, -0.2) is 32.8 Å². The highest BCUT2D eigenvalue weighted by Gasteiger charge is 2.21. The molecular formula is C20H24ClN2O+. The van der Waals surface area contributed by atoms with Gasteiger partial charge in [0, 0.05) is 16.3 Å². The van der Waals surface area contributed by atoms with Crippen molar-refractivity contribution in [3.63, 3.8) is 0 Å². The van der Waals surface area contributed by atoms with Gasteiger partial charge in [0.15, 0.2) is 0 Å². The smallest absolute Gasteiger partial charge is 0.128 e. The number of benzene rings is 2. The lowest BCUT2D eigenvalue weighted by Gasteiger charge is -2.34. The summed E-state index contributed by atoms with van der Waals surface area (Å²) in [5, 5.41) is 0.801. The van der Waals surface area contributed by atoms with Crippen LogP contribution in [0.25, 0.3) is 0 Å². The number of hydrogen-bond acceptors (Lipinski definition) is 2. The Labute approximate surface area is 149 Å². The van der Waals surface area contributed by atoms with Crippen molar-refractivity contribution in [3.05, 3.63) is 71.8 Å². The number of hydrogen-bond donors (Lipinski definition) is 1. The highest BCUT2D eigenvalue weighted by molar-refractivity contribution is 6.30. The van der Waals surface area contributed by atoms with E-state index in [1.165, 1.54) is 11.3 Å². The molecule has 0 aromatic heterocycles. The monoisotopic (exact) mass is 343 g/mol. The normalized spacial score (nSPS) is 15.3. The van der Waals surface area contributed by atoms with Crippen LogP contribution in [0, 0.1) is 0 Å². The van der Waals surface area contributed by atoms with Crippen molar-refractivity contribution in [2.75, 3.05) is 37.7 Å². The van der Waals surface area contributed by atoms with Gasteiger partial charge in [-0.05, 0) is 30.3 Å². The van der Waals surface area contributed by atoms with Crippen LogP contribution < -0.4 is 14.5 Å². The molecule has 3 rings (SSSR count). The van der Waals surface area contributed by atoms with Gasteiger partial charge in [-0.25, -0.2) is 0 Å². The minimum absolute atomic E-state index is 0.550. The topological polar surface area (TPSA) is 16.9 Å². The summed E-state index contributed by atoms with van der Waals surface area (Å²) in [6, 6.07) is 16.4. The van der Waals surface area contributed by atoms with E-state index in [0.29, 0.717) is 6.61 Å². The van der Waals surface area contributed by atoms with E-state index in [4.69, 9.17) is 16.3 Å². The van der Waals surface area contributed by atoms with Gasteiger partial charge in [-0.1, -0.05) is 42.5 Å². The van der Waals surface area contributed by atoms with Crippen LogP contribution in [0.1, 0.15) is 5.56 Å². The van der Waals surface area contributed by atoms with Crippen LogP contribution in [0.2, 0.25) is 5.02 Å². The maximum absolute atomic E-state index is 6.11. The molecule has 1 aliphatic heterocycles. The maximum Gasteiger partial charge on any atom is 0.128 e. The largest absolute Gasteiger partial charge is 0.489 e. The van der Waals surface area contributed by atoms with E-state index in [0.717, 1.165) is 43.5 Å². The van der Waals surface area contributed by atoms with Gasteiger partial charge in [0.1, 0.15) is 18.9 Å². The first-order valence-electron chi connectivity index (χ1n) is 8.42. The molecule has 0 unspecified atom stereocenters. The molecule has 1 heterocycles. The Balaban J connectivity index is 1.59. The lowest BCUT2D eigenvalue weighted by atomic mass is 10.1. The molecule has 1 N–H and O–H groups in total. The molecule has 2 aromatic rings. The fourth-order valence-corrected chi connectivity index (χ4v) is 3.32. The summed E-state index contributed by atoms with van der Waals surface area (Å²) in [4.78, 5) is 4.00. The van der Waals surface area contributed by atoms with Gasteiger partial charge in [0.25, 0.3) is 0 Å². The third-order valence-electron chi connectivity index (χ3n) is 4.41. The number of anilines is 1. The number of halogens is 1. The van der Waals surface area contributed by atoms with Crippen LogP contribution >= 0.6 is 11.6 Å². The van der Waals surface area contributed by atoms with Gasteiger partial charge in [-0.3, -0.25) is 0 Å². The number of nitrogens with one attached hydrogen (secondary N) is 1. The zero-order chi connectivity index (χ0) is 16.8. The van der Waals surface area contributed by atoms with Gasteiger partial charge in [-0.15, -0.1) is 0 Å². The number of quaternary nitrogens is 1. The Morgan fingerprint density at radius 3 is 2.67 bits per heavy atom. The molecule has 24 heavy (non-hydrogen) atoms. The van der Waals surface area contributed by atoms with Crippen molar-refractivity contribution in [2.45, 2.75) is 6.54 Å². The first-order valence-corrected chi connectivity index (χ1v) is 8.80. The van der Waals surface area contributed by atoms with Crippen LogP contribution in [0.5, 0.6) is 5.75 Å². The first kappa shape index (κ1) is 16.9. The SMILES string of the molecule is C=CCOc1ccccc1C[NH+]1CCN(c2cccc(Cl)c2)CC1. The van der Waals surface area contributed by atoms with Crippen molar-refractivity contribution < 1.29 is 9.64 Å². The van der Waals surface area contributed by atoms with E-state index in [1.807, 2.05) is 30.3 Å². The molecule has 0 saturated carbocycles. The summed E-state index contributed by atoms with van der Waals surface area (Å²) in [7, 11) is 0. The number of piperazine rings is 1. The average molecular weight is 344 g/mol. The molecule has 126 valence electrons. The Bertz CT molecular complexity index is 681. The molecule has 0 amide bonds. The summed E-state index contributed by atoms with van der Waals surface area (Å²) in [6.07, 6.45) is 1.79. The minimum Gasteiger partial charge on any atom is -0.489 e. The third-order valence-corrected chi connectivity index (χ3v) is 4.65. The molecule has 0 atom stereocenters. The predicted molar refractivity (Wildman–Crippen MR) is 100 cm³/mol. The molecule has 3 nitrogen and oxygen atoms in total. The van der Waals surface area contributed by atoms with Gasteiger partial charge in [-0.2, -0.15) is 0 Å². The van der Waals surface area contributed by atoms with Crippen LogP contribution in [0.15, 0.2) is 61.2 Å². The lowest BCUT2D eigenvalue weighted by Crippen LogP contribution is -3.13. The molecule has 0 bridgehead atoms. The van der Waals surface area contributed by atoms with Crippen molar-refractivity contribution in [1.29, 1.82) is 0 Å². The number of para-hydroxylation sites is 1. The summed E-state index contributed by atoms with van der Waals surface area (Å²) >= 11 is 6.11. The van der Waals surface area contributed by atoms with Crippen LogP contribution in [0.4, 0.5) is 5.69 Å². The number of nitrogens with zero attached hydrogens (tertiary/aromatic N) is 1. The van der Waals surface area contributed by atoms with Gasteiger partial charge in [0.2, 0.25) is 0 Å². The second-order valence-electron chi connectivity index (χ2n) is 6.10. The number of ether oxygens (including phenoxy) is 1. The quantitative estimate of drug-likeness (QED) is 0.812. The average Bonchev–Trinajstić information content (AvgIpc) is 2.62. The molecule has 4 heteroatoms. The molecule has 1 saturated heterocycles. The highest BCUT2D eigenvalue weighted by Crippen LogP contribution is 2.20. The van der Waals surface area contributed by atoms with E-state index in [9.17, 15) is 0 Å². The van der Waals surface area contributed by atoms with Crippen molar-refractivity contribution >= 4 is 17.3 Å². The molecule has 2 aromatic carbocycles. The summed E-state index contributed by atoms with van der Waals surface area (Å²) in [5.74, 6) is 0.974. The Morgan fingerprint density at radius 1 is 1.12 bits per heavy atom. The Kier molecular flexibility index (Phi) is 5.78. The van der Waals surface area contributed by atoms with E-state index in [2.05, 4.69) is 29.7 Å². The van der Waals surface area contributed by atoms with E-state index in [-0.39, 0.29) is 0 Å². The predicted octanol–water partition coefficient (Wildman–Crippen LogP) is 2.81. The molecule has 0 spiro atoms. The zero-order valence-electron chi connectivity index (χ0n) is 13.9. The van der Waals surface area contributed by atoms with Crippen molar-refractivity contribution in [2.24, 2.45) is 0 Å². The zero-order valence-corrected chi connectivity index (χ0v) is 14.6. The summed E-state index contributed by atoms with van der Waals surface area (Å²) in [5.41, 5.74) is 2.49. The summed E-state index contributed by atoms with van der Waals surface area (Å²) < 4.78 is 5.77. The molecule has 0 aliphatic carbocycles. The van der Waals surface area contributed by atoms with Gasteiger partial charge >= 0.3 is 0 Å². The fourth-order valence-electron chi connectivity index (χ4n) is 3.14. The lowest BCUT2D eigenvalue weighted by molar-refractivity contribution is -0.914. The standard InChI is InChI=1S/C20H23ClN2O/c1-2-14-24-20-9-4-3-6-17(20)16-22-10-12-23(13-11-22)19-8-5-7-18(21)15-19/h2-9,15H,1,10-14,16H2/p+1. The van der Waals surface area contributed by atoms with E-state index in [1.54, 1.807) is 11.0 Å². The fraction of sp³-hybridized carbons (Fsp3) is 0.300. The second-order valence-corrected chi connectivity index (χ2v) is 6.54. The Hall–Kier alpha value is -1.97. The molecule has 0 radical (unpaired) electrons. The van der Waals surface area contributed by atoms with Gasteiger partial charge < -0.3 is 14.5 Å². The maximum atomic E-state index is 6.11. The number of rotatable bonds is 6. The first-order chi connectivity index (χ1) is 11.8.